The van der Waals surface area contributed by atoms with Crippen molar-refractivity contribution in [2.24, 2.45) is 5.92 Å². The fourth-order valence-corrected chi connectivity index (χ4v) is 4.30. The highest BCUT2D eigenvalue weighted by Gasteiger charge is 2.37. The van der Waals surface area contributed by atoms with Crippen molar-refractivity contribution < 1.29 is 28.6 Å². The molecule has 0 radical (unpaired) electrons. The summed E-state index contributed by atoms with van der Waals surface area (Å²) in [5.74, 6) is 1.24. The summed E-state index contributed by atoms with van der Waals surface area (Å²) >= 11 is 0.817. The first-order valence-corrected chi connectivity index (χ1v) is 10.5. The summed E-state index contributed by atoms with van der Waals surface area (Å²) < 4.78 is 16.0. The van der Waals surface area contributed by atoms with Gasteiger partial charge in [0.25, 0.3) is 11.1 Å². The Kier molecular flexibility index (Phi) is 6.91. The van der Waals surface area contributed by atoms with Crippen molar-refractivity contribution in [1.29, 1.82) is 0 Å². The van der Waals surface area contributed by atoms with E-state index in [4.69, 9.17) is 14.2 Å². The van der Waals surface area contributed by atoms with Gasteiger partial charge in [-0.25, -0.2) is 0 Å². The summed E-state index contributed by atoms with van der Waals surface area (Å²) in [7, 11) is 4.51. The second-order valence-corrected chi connectivity index (χ2v) is 8.28. The maximum Gasteiger partial charge on any atom is 0.294 e. The maximum absolute atomic E-state index is 12.8. The first kappa shape index (κ1) is 22.0. The zero-order chi connectivity index (χ0) is 21.8. The van der Waals surface area contributed by atoms with Gasteiger partial charge in [0.1, 0.15) is 6.54 Å². The third-order valence-electron chi connectivity index (χ3n) is 5.29. The molecule has 8 nitrogen and oxygen atoms in total. The Morgan fingerprint density at radius 1 is 1.10 bits per heavy atom. The SMILES string of the molecule is COc1cc(/C=C2/SC(=O)N(CC(=O)N3CCC(C)CC3)C2=O)cc(OC)c1OC. The number of thioether (sulfide) groups is 1. The predicted molar refractivity (Wildman–Crippen MR) is 114 cm³/mol. The fraction of sp³-hybridized carbons (Fsp3) is 0.476. The molecule has 2 fully saturated rings. The number of nitrogens with zero attached hydrogens (tertiary/aromatic N) is 2. The third-order valence-corrected chi connectivity index (χ3v) is 6.20. The van der Waals surface area contributed by atoms with E-state index in [1.54, 1.807) is 23.1 Å². The lowest BCUT2D eigenvalue weighted by atomic mass is 9.99. The highest BCUT2D eigenvalue weighted by Crippen LogP contribution is 2.40. The number of amides is 3. The van der Waals surface area contributed by atoms with Crippen LogP contribution in [-0.4, -0.2) is 67.8 Å². The molecule has 9 heteroatoms. The summed E-state index contributed by atoms with van der Waals surface area (Å²) in [6.45, 7) is 3.26. The van der Waals surface area contributed by atoms with Crippen molar-refractivity contribution >= 4 is 34.9 Å². The van der Waals surface area contributed by atoms with Gasteiger partial charge in [0.15, 0.2) is 11.5 Å². The van der Waals surface area contributed by atoms with E-state index in [2.05, 4.69) is 6.92 Å². The van der Waals surface area contributed by atoms with Crippen LogP contribution in [0.4, 0.5) is 4.79 Å². The van der Waals surface area contributed by atoms with Crippen molar-refractivity contribution in [3.8, 4) is 17.2 Å². The highest BCUT2D eigenvalue weighted by molar-refractivity contribution is 8.18. The van der Waals surface area contributed by atoms with Gasteiger partial charge in [-0.1, -0.05) is 6.92 Å². The van der Waals surface area contributed by atoms with E-state index in [9.17, 15) is 14.4 Å². The van der Waals surface area contributed by atoms with Crippen molar-refractivity contribution in [3.05, 3.63) is 22.6 Å². The van der Waals surface area contributed by atoms with E-state index in [1.165, 1.54) is 21.3 Å². The molecular formula is C21H26N2O6S. The monoisotopic (exact) mass is 434 g/mol. The maximum atomic E-state index is 12.8. The number of hydrogen-bond donors (Lipinski definition) is 0. The van der Waals surface area contributed by atoms with E-state index >= 15 is 0 Å². The number of hydrogen-bond acceptors (Lipinski definition) is 7. The quantitative estimate of drug-likeness (QED) is 0.636. The summed E-state index contributed by atoms with van der Waals surface area (Å²) in [4.78, 5) is 40.7. The van der Waals surface area contributed by atoms with Crippen LogP contribution in [0.3, 0.4) is 0 Å². The minimum atomic E-state index is -0.475. The van der Waals surface area contributed by atoms with E-state index < -0.39 is 11.1 Å². The molecule has 0 aliphatic carbocycles. The number of carbonyl (C=O) groups excluding carboxylic acids is 3. The summed E-state index contributed by atoms with van der Waals surface area (Å²) in [5, 5.41) is -0.447. The molecule has 2 heterocycles. The molecule has 1 aromatic rings. The molecule has 0 aromatic heterocycles. The van der Waals surface area contributed by atoms with E-state index in [-0.39, 0.29) is 17.4 Å². The Balaban J connectivity index is 1.77. The molecule has 0 spiro atoms. The molecule has 2 aliphatic heterocycles. The van der Waals surface area contributed by atoms with Gasteiger partial charge in [-0.2, -0.15) is 0 Å². The standard InChI is InChI=1S/C21H26N2O6S/c1-13-5-7-22(8-6-13)18(24)12-23-20(25)17(30-21(23)26)11-14-9-15(27-2)19(29-4)16(10-14)28-3/h9-11,13H,5-8,12H2,1-4H3/b17-11+. The molecule has 2 saturated heterocycles. The number of methoxy groups -OCH3 is 3. The number of benzene rings is 1. The number of piperidine rings is 1. The summed E-state index contributed by atoms with van der Waals surface area (Å²) in [5.41, 5.74) is 0.617. The lowest BCUT2D eigenvalue weighted by Gasteiger charge is -2.31. The van der Waals surface area contributed by atoms with E-state index in [1.807, 2.05) is 0 Å². The Morgan fingerprint density at radius 2 is 1.70 bits per heavy atom. The third kappa shape index (κ3) is 4.56. The first-order valence-electron chi connectivity index (χ1n) is 9.71. The van der Waals surface area contributed by atoms with Crippen molar-refractivity contribution in [3.63, 3.8) is 0 Å². The van der Waals surface area contributed by atoms with Crippen LogP contribution in [0.15, 0.2) is 17.0 Å². The Labute approximate surface area is 180 Å². The molecule has 162 valence electrons. The molecule has 3 rings (SSSR count). The molecule has 1 aromatic carbocycles. The van der Waals surface area contributed by atoms with Crippen LogP contribution < -0.4 is 14.2 Å². The highest BCUT2D eigenvalue weighted by atomic mass is 32.2. The molecule has 0 unspecified atom stereocenters. The average molecular weight is 435 g/mol. The zero-order valence-corrected chi connectivity index (χ0v) is 18.4. The topological polar surface area (TPSA) is 85.4 Å². The molecule has 3 amide bonds. The zero-order valence-electron chi connectivity index (χ0n) is 17.6. The number of rotatable bonds is 6. The van der Waals surface area contributed by atoms with Crippen molar-refractivity contribution in [2.75, 3.05) is 41.0 Å². The Morgan fingerprint density at radius 3 is 2.23 bits per heavy atom. The lowest BCUT2D eigenvalue weighted by Crippen LogP contribution is -2.45. The molecule has 0 atom stereocenters. The van der Waals surface area contributed by atoms with Gasteiger partial charge in [-0.3, -0.25) is 19.3 Å². The van der Waals surface area contributed by atoms with Gasteiger partial charge in [-0.05, 0) is 54.3 Å². The average Bonchev–Trinajstić information content (AvgIpc) is 3.00. The Bertz CT molecular complexity index is 851. The van der Waals surface area contributed by atoms with Gasteiger partial charge in [0.2, 0.25) is 11.7 Å². The smallest absolute Gasteiger partial charge is 0.294 e. The van der Waals surface area contributed by atoms with Crippen molar-refractivity contribution in [1.82, 2.24) is 9.80 Å². The van der Waals surface area contributed by atoms with Crippen LogP contribution in [0.2, 0.25) is 0 Å². The molecule has 0 bridgehead atoms. The van der Waals surface area contributed by atoms with Crippen LogP contribution in [0.1, 0.15) is 25.3 Å². The van der Waals surface area contributed by atoms with Crippen LogP contribution in [-0.2, 0) is 9.59 Å². The number of imide groups is 1. The van der Waals surface area contributed by atoms with Crippen LogP contribution in [0.5, 0.6) is 17.2 Å². The molecular weight excluding hydrogens is 408 g/mol. The normalized spacial score (nSPS) is 18.9. The minimum absolute atomic E-state index is 0.196. The largest absolute Gasteiger partial charge is 0.493 e. The second-order valence-electron chi connectivity index (χ2n) is 7.29. The fourth-order valence-electron chi connectivity index (χ4n) is 3.47. The number of ether oxygens (including phenoxy) is 3. The first-order chi connectivity index (χ1) is 14.4. The van der Waals surface area contributed by atoms with Gasteiger partial charge in [0.05, 0.1) is 26.2 Å². The van der Waals surface area contributed by atoms with Gasteiger partial charge in [-0.15, -0.1) is 0 Å². The van der Waals surface area contributed by atoms with Crippen LogP contribution >= 0.6 is 11.8 Å². The van der Waals surface area contributed by atoms with Crippen LogP contribution in [0, 0.1) is 5.92 Å². The number of likely N-dealkylation sites (tertiary alicyclic amines) is 1. The minimum Gasteiger partial charge on any atom is -0.493 e. The molecule has 30 heavy (non-hydrogen) atoms. The summed E-state index contributed by atoms with van der Waals surface area (Å²) in [6.07, 6.45) is 3.46. The molecule has 0 saturated carbocycles. The molecule has 2 aliphatic rings. The molecule has 0 N–H and O–H groups in total. The van der Waals surface area contributed by atoms with Gasteiger partial charge in [0, 0.05) is 13.1 Å². The summed E-state index contributed by atoms with van der Waals surface area (Å²) in [6, 6.07) is 3.38. The van der Waals surface area contributed by atoms with E-state index in [0.717, 1.165) is 29.5 Å². The van der Waals surface area contributed by atoms with Gasteiger partial charge >= 0.3 is 0 Å². The Hall–Kier alpha value is -2.68. The lowest BCUT2D eigenvalue weighted by molar-refractivity contribution is -0.136. The van der Waals surface area contributed by atoms with E-state index in [0.29, 0.717) is 41.8 Å². The van der Waals surface area contributed by atoms with Gasteiger partial charge < -0.3 is 19.1 Å². The van der Waals surface area contributed by atoms with Crippen LogP contribution in [0.25, 0.3) is 6.08 Å². The predicted octanol–water partition coefficient (Wildman–Crippen LogP) is 3.01. The number of carbonyl (C=O) groups is 3. The van der Waals surface area contributed by atoms with Crippen molar-refractivity contribution in [2.45, 2.75) is 19.8 Å². The second kappa shape index (κ2) is 9.42.